The number of allylic oxidation sites excluding steroid dienone is 18. The van der Waals surface area contributed by atoms with Gasteiger partial charge in [0.25, 0.3) is 0 Å². The van der Waals surface area contributed by atoms with E-state index in [1.54, 1.807) is 13.8 Å². The first kappa shape index (κ1) is 35.7. The van der Waals surface area contributed by atoms with Crippen LogP contribution in [0.1, 0.15) is 108 Å². The maximum atomic E-state index is 12.2. The molecule has 43 heavy (non-hydrogen) atoms. The molecule has 0 atom stereocenters. The number of carbonyl (C=O) groups is 2. The van der Waals surface area contributed by atoms with Gasteiger partial charge in [-0.3, -0.25) is 0 Å². The average molecular weight is 583 g/mol. The highest BCUT2D eigenvalue weighted by Gasteiger charge is 2.27. The van der Waals surface area contributed by atoms with Crippen molar-refractivity contribution < 1.29 is 14.3 Å². The molecule has 3 nitrogen and oxygen atoms in total. The molecule has 0 saturated carbocycles. The quantitative estimate of drug-likeness (QED) is 0.111. The summed E-state index contributed by atoms with van der Waals surface area (Å²) in [6, 6.07) is 0. The Balaban J connectivity index is 1.90. The van der Waals surface area contributed by atoms with Crippen molar-refractivity contribution in [3.05, 3.63) is 117 Å². The van der Waals surface area contributed by atoms with Gasteiger partial charge in [0.1, 0.15) is 0 Å². The monoisotopic (exact) mass is 582 g/mol. The van der Waals surface area contributed by atoms with Crippen molar-refractivity contribution in [1.29, 1.82) is 0 Å². The predicted molar refractivity (Wildman–Crippen MR) is 183 cm³/mol. The molecule has 2 aliphatic carbocycles. The van der Waals surface area contributed by atoms with E-state index < -0.39 is 11.9 Å². The highest BCUT2D eigenvalue weighted by molar-refractivity contribution is 5.97. The number of ether oxygens (including phenoxy) is 1. The number of hydrogen-bond donors (Lipinski definition) is 0. The minimum Gasteiger partial charge on any atom is -0.387 e. The van der Waals surface area contributed by atoms with Gasteiger partial charge in [-0.2, -0.15) is 0 Å². The summed E-state index contributed by atoms with van der Waals surface area (Å²) < 4.78 is 4.96. The van der Waals surface area contributed by atoms with Crippen LogP contribution in [0.3, 0.4) is 0 Å². The number of hydrogen-bond acceptors (Lipinski definition) is 3. The molecule has 2 rings (SSSR count). The summed E-state index contributed by atoms with van der Waals surface area (Å²) in [5.74, 6) is -1.36. The molecule has 0 aliphatic heterocycles. The maximum absolute atomic E-state index is 12.2. The van der Waals surface area contributed by atoms with Gasteiger partial charge >= 0.3 is 11.9 Å². The van der Waals surface area contributed by atoms with E-state index in [-0.39, 0.29) is 10.8 Å². The topological polar surface area (TPSA) is 43.4 Å². The molecule has 0 radical (unpaired) electrons. The van der Waals surface area contributed by atoms with E-state index in [0.717, 1.165) is 11.1 Å². The molecule has 2 aliphatic rings. The van der Waals surface area contributed by atoms with Crippen molar-refractivity contribution in [1.82, 2.24) is 0 Å². The lowest BCUT2D eigenvalue weighted by Gasteiger charge is -2.33. The van der Waals surface area contributed by atoms with Crippen LogP contribution in [0.25, 0.3) is 0 Å². The molecular weight excluding hydrogens is 528 g/mol. The van der Waals surface area contributed by atoms with Gasteiger partial charge in [0.2, 0.25) is 0 Å². The Morgan fingerprint density at radius 2 is 0.977 bits per heavy atom. The second kappa shape index (κ2) is 16.4. The molecule has 0 bridgehead atoms. The Morgan fingerprint density at radius 3 is 1.33 bits per heavy atom. The number of carbonyl (C=O) groups excluding carboxylic acids is 2. The largest absolute Gasteiger partial charge is 0.387 e. The minimum atomic E-state index is -0.682. The first-order valence-electron chi connectivity index (χ1n) is 15.7. The Kier molecular flexibility index (Phi) is 13.6. The highest BCUT2D eigenvalue weighted by Crippen LogP contribution is 2.41. The van der Waals surface area contributed by atoms with E-state index in [1.807, 2.05) is 36.5 Å². The Bertz CT molecular complexity index is 1250. The van der Waals surface area contributed by atoms with Crippen LogP contribution in [-0.4, -0.2) is 11.9 Å². The van der Waals surface area contributed by atoms with Gasteiger partial charge < -0.3 is 4.74 Å². The van der Waals surface area contributed by atoms with Gasteiger partial charge in [-0.05, 0) is 113 Å². The molecule has 0 spiro atoms. The SMILES string of the molecule is CC(C=CC1=C(C)CCCC1(C)C)=CC=CC(C)=CC(=O)OC(=O)C=C(C)C=CC=C(C)C=CC1=C(C)CCCC1(C)C. The lowest BCUT2D eigenvalue weighted by Crippen LogP contribution is -2.19. The van der Waals surface area contributed by atoms with Crippen molar-refractivity contribution >= 4 is 11.9 Å². The van der Waals surface area contributed by atoms with Gasteiger partial charge in [0, 0.05) is 12.2 Å². The fraction of sp³-hybridized carbons (Fsp3) is 0.450. The molecule has 0 aromatic heterocycles. The summed E-state index contributed by atoms with van der Waals surface area (Å²) in [5.41, 5.74) is 9.91. The average Bonchev–Trinajstić information content (AvgIpc) is 2.87. The Morgan fingerprint density at radius 1 is 0.605 bits per heavy atom. The third-order valence-electron chi connectivity index (χ3n) is 8.44. The third-order valence-corrected chi connectivity index (χ3v) is 8.44. The van der Waals surface area contributed by atoms with Crippen LogP contribution in [0.4, 0.5) is 0 Å². The third kappa shape index (κ3) is 12.4. The van der Waals surface area contributed by atoms with E-state index in [0.29, 0.717) is 11.1 Å². The first-order valence-corrected chi connectivity index (χ1v) is 15.7. The van der Waals surface area contributed by atoms with Crippen molar-refractivity contribution in [2.45, 2.75) is 108 Å². The summed E-state index contributed by atoms with van der Waals surface area (Å²) >= 11 is 0. The standard InChI is InChI=1S/C40H54O3/c1-29(21-23-35-33(5)19-13-25-39(35,7)8)15-11-17-31(3)27-37(41)43-38(42)28-32(4)18-12-16-30(2)22-24-36-34(6)20-14-26-40(36,9)10/h11-12,15-18,21-24,27-28H,13-14,19-20,25-26H2,1-10H3. The maximum Gasteiger partial charge on any atom is 0.338 e. The lowest BCUT2D eigenvalue weighted by molar-refractivity contribution is -0.152. The molecule has 232 valence electrons. The van der Waals surface area contributed by atoms with Gasteiger partial charge in [-0.25, -0.2) is 9.59 Å². The molecule has 0 amide bonds. The smallest absolute Gasteiger partial charge is 0.338 e. The van der Waals surface area contributed by atoms with Crippen molar-refractivity contribution in [3.63, 3.8) is 0 Å². The summed E-state index contributed by atoms with van der Waals surface area (Å²) in [6.07, 6.45) is 30.2. The molecule has 0 heterocycles. The second-order valence-corrected chi connectivity index (χ2v) is 13.6. The van der Waals surface area contributed by atoms with E-state index >= 15 is 0 Å². The molecule has 0 N–H and O–H groups in total. The predicted octanol–water partition coefficient (Wildman–Crippen LogP) is 11.1. The molecule has 0 aromatic carbocycles. The summed E-state index contributed by atoms with van der Waals surface area (Å²) in [4.78, 5) is 24.5. The first-order chi connectivity index (χ1) is 20.1. The fourth-order valence-electron chi connectivity index (χ4n) is 5.89. The van der Waals surface area contributed by atoms with Crippen LogP contribution >= 0.6 is 0 Å². The van der Waals surface area contributed by atoms with Gasteiger partial charge in [-0.1, -0.05) is 111 Å². The summed E-state index contributed by atoms with van der Waals surface area (Å²) in [6.45, 7) is 21.5. The zero-order valence-electron chi connectivity index (χ0n) is 28.4. The number of rotatable bonds is 10. The fourth-order valence-corrected chi connectivity index (χ4v) is 5.89. The van der Waals surface area contributed by atoms with Gasteiger partial charge in [0.15, 0.2) is 0 Å². The normalized spacial score (nSPS) is 20.8. The van der Waals surface area contributed by atoms with Crippen LogP contribution < -0.4 is 0 Å². The zero-order chi connectivity index (χ0) is 32.2. The van der Waals surface area contributed by atoms with E-state index in [2.05, 4.69) is 79.7 Å². The molecule has 3 heteroatoms. The molecule has 0 unspecified atom stereocenters. The molecule has 0 saturated heterocycles. The Hall–Kier alpha value is -3.46. The summed E-state index contributed by atoms with van der Waals surface area (Å²) in [7, 11) is 0. The van der Waals surface area contributed by atoms with Crippen molar-refractivity contribution in [2.24, 2.45) is 10.8 Å². The van der Waals surface area contributed by atoms with Crippen LogP contribution in [0.2, 0.25) is 0 Å². The van der Waals surface area contributed by atoms with Gasteiger partial charge in [0.05, 0.1) is 0 Å². The molecule has 0 aromatic rings. The molecule has 0 fully saturated rings. The van der Waals surface area contributed by atoms with Crippen molar-refractivity contribution in [2.75, 3.05) is 0 Å². The van der Waals surface area contributed by atoms with Crippen molar-refractivity contribution in [3.8, 4) is 0 Å². The second-order valence-electron chi connectivity index (χ2n) is 13.6. The minimum absolute atomic E-state index is 0.215. The van der Waals surface area contributed by atoms with Crippen LogP contribution in [-0.2, 0) is 14.3 Å². The lowest BCUT2D eigenvalue weighted by atomic mass is 9.72. The van der Waals surface area contributed by atoms with E-state index in [1.165, 1.54) is 73.0 Å². The van der Waals surface area contributed by atoms with Crippen LogP contribution in [0, 0.1) is 10.8 Å². The van der Waals surface area contributed by atoms with Gasteiger partial charge in [-0.15, -0.1) is 0 Å². The Labute approximate surface area is 262 Å². The van der Waals surface area contributed by atoms with Crippen LogP contribution in [0.15, 0.2) is 117 Å². The zero-order valence-corrected chi connectivity index (χ0v) is 28.4. The highest BCUT2D eigenvalue weighted by atomic mass is 16.6. The number of esters is 2. The van der Waals surface area contributed by atoms with E-state index in [9.17, 15) is 9.59 Å². The summed E-state index contributed by atoms with van der Waals surface area (Å²) in [5, 5.41) is 0. The van der Waals surface area contributed by atoms with Crippen LogP contribution in [0.5, 0.6) is 0 Å². The van der Waals surface area contributed by atoms with E-state index in [4.69, 9.17) is 4.74 Å². The molecular formula is C40H54O3.